The molecule has 1 amide bonds. The molecule has 1 aliphatic carbocycles. The number of amides is 1. The highest BCUT2D eigenvalue weighted by Gasteiger charge is 2.55. The van der Waals surface area contributed by atoms with E-state index in [1.165, 1.54) is 6.42 Å². The summed E-state index contributed by atoms with van der Waals surface area (Å²) < 4.78 is 11.2. The number of methoxy groups -OCH3 is 2. The van der Waals surface area contributed by atoms with Gasteiger partial charge in [0.2, 0.25) is 5.91 Å². The summed E-state index contributed by atoms with van der Waals surface area (Å²) in [6.45, 7) is 11.7. The number of carbonyl (C=O) groups is 1. The van der Waals surface area contributed by atoms with E-state index in [2.05, 4.69) is 48.2 Å². The number of anilines is 1. The lowest BCUT2D eigenvalue weighted by Gasteiger charge is -2.37. The molecule has 0 radical (unpaired) electrons. The molecule has 1 aliphatic heterocycles. The summed E-state index contributed by atoms with van der Waals surface area (Å²) in [4.78, 5) is 18.9. The number of nitrogens with zero attached hydrogens (tertiary/aromatic N) is 2. The predicted octanol–water partition coefficient (Wildman–Crippen LogP) is 3.53. The van der Waals surface area contributed by atoms with E-state index >= 15 is 0 Å². The molecule has 32 heavy (non-hydrogen) atoms. The number of nitrogens with one attached hydrogen (secondary N) is 2. The van der Waals surface area contributed by atoms with Crippen LogP contribution in [-0.4, -0.2) is 68.0 Å². The Labute approximate surface area is 193 Å². The first-order chi connectivity index (χ1) is 15.1. The first-order valence-electron chi connectivity index (χ1n) is 11.9. The van der Waals surface area contributed by atoms with Crippen molar-refractivity contribution in [3.8, 4) is 0 Å². The molecule has 1 saturated heterocycles. The number of rotatable bonds is 11. The molecule has 0 bridgehead atoms. The summed E-state index contributed by atoms with van der Waals surface area (Å²) in [5.41, 5.74) is 0.837. The van der Waals surface area contributed by atoms with E-state index < -0.39 is 5.72 Å². The summed E-state index contributed by atoms with van der Waals surface area (Å²) in [5.74, 6) is 0.910. The number of ether oxygens (including phenoxy) is 2. The van der Waals surface area contributed by atoms with Gasteiger partial charge < -0.3 is 19.7 Å². The van der Waals surface area contributed by atoms with Crippen molar-refractivity contribution in [2.24, 2.45) is 16.7 Å². The normalized spacial score (nSPS) is 22.9. The van der Waals surface area contributed by atoms with Gasteiger partial charge in [0.05, 0.1) is 12.6 Å². The highest BCUT2D eigenvalue weighted by Crippen LogP contribution is 2.59. The minimum Gasteiger partial charge on any atom is -0.384 e. The van der Waals surface area contributed by atoms with Crippen molar-refractivity contribution in [2.45, 2.75) is 65.1 Å². The fraction of sp³-hybridized carbons (Fsp3) is 0.760. The van der Waals surface area contributed by atoms with Crippen molar-refractivity contribution in [3.63, 3.8) is 0 Å². The lowest BCUT2D eigenvalue weighted by atomic mass is 9.87. The number of pyridine rings is 1. The Hall–Kier alpha value is -1.70. The molecule has 3 atom stereocenters. The molecule has 1 saturated carbocycles. The molecular weight excluding hydrogens is 404 g/mol. The van der Waals surface area contributed by atoms with Gasteiger partial charge in [-0.05, 0) is 62.0 Å². The minimum atomic E-state index is -0.476. The molecule has 0 aromatic carbocycles. The Balaban J connectivity index is 1.46. The Morgan fingerprint density at radius 3 is 2.50 bits per heavy atom. The molecule has 180 valence electrons. The van der Waals surface area contributed by atoms with Crippen LogP contribution in [0.4, 0.5) is 5.69 Å². The molecule has 3 unspecified atom stereocenters. The lowest BCUT2D eigenvalue weighted by molar-refractivity contribution is -0.135. The van der Waals surface area contributed by atoms with Crippen LogP contribution in [0.5, 0.6) is 0 Å². The van der Waals surface area contributed by atoms with Crippen LogP contribution in [0.15, 0.2) is 24.5 Å². The topological polar surface area (TPSA) is 75.7 Å². The second-order valence-corrected chi connectivity index (χ2v) is 10.7. The second kappa shape index (κ2) is 10.1. The van der Waals surface area contributed by atoms with Crippen LogP contribution in [0.1, 0.15) is 53.4 Å². The van der Waals surface area contributed by atoms with Gasteiger partial charge in [0.1, 0.15) is 5.72 Å². The third-order valence-corrected chi connectivity index (χ3v) is 7.65. The Morgan fingerprint density at radius 1 is 1.25 bits per heavy atom. The van der Waals surface area contributed by atoms with Crippen LogP contribution < -0.4 is 10.6 Å². The molecule has 1 spiro atoms. The Bertz CT molecular complexity index is 749. The molecule has 1 aromatic rings. The second-order valence-electron chi connectivity index (χ2n) is 10.7. The SMILES string of the molecule is COCC(C)(C)CC(=O)N1CCC2(CC1)CC2CNC(C)(OC)C(C)Nc1ccncc1. The number of hydrogen-bond acceptors (Lipinski definition) is 6. The molecule has 2 heterocycles. The van der Waals surface area contributed by atoms with E-state index in [0.717, 1.165) is 38.2 Å². The zero-order chi connectivity index (χ0) is 23.4. The highest BCUT2D eigenvalue weighted by atomic mass is 16.5. The van der Waals surface area contributed by atoms with Gasteiger partial charge in [0.25, 0.3) is 0 Å². The molecule has 2 aliphatic rings. The fourth-order valence-electron chi connectivity index (χ4n) is 5.06. The van der Waals surface area contributed by atoms with Gasteiger partial charge in [0.15, 0.2) is 0 Å². The third kappa shape index (κ3) is 6.00. The summed E-state index contributed by atoms with van der Waals surface area (Å²) in [7, 11) is 3.46. The van der Waals surface area contributed by atoms with E-state index in [1.54, 1.807) is 26.6 Å². The number of piperidine rings is 1. The van der Waals surface area contributed by atoms with Crippen LogP contribution in [-0.2, 0) is 14.3 Å². The fourth-order valence-corrected chi connectivity index (χ4v) is 5.06. The quantitative estimate of drug-likeness (QED) is 0.507. The highest BCUT2D eigenvalue weighted by molar-refractivity contribution is 5.77. The number of aromatic nitrogens is 1. The zero-order valence-electron chi connectivity index (χ0n) is 20.7. The summed E-state index contributed by atoms with van der Waals surface area (Å²) >= 11 is 0. The first kappa shape index (κ1) is 24.9. The Morgan fingerprint density at radius 2 is 1.91 bits per heavy atom. The Kier molecular flexibility index (Phi) is 7.84. The monoisotopic (exact) mass is 446 g/mol. The van der Waals surface area contributed by atoms with Crippen molar-refractivity contribution in [1.82, 2.24) is 15.2 Å². The van der Waals surface area contributed by atoms with E-state index in [9.17, 15) is 4.79 Å². The molecule has 3 rings (SSSR count). The lowest BCUT2D eigenvalue weighted by Crippen LogP contribution is -2.56. The minimum absolute atomic E-state index is 0.0829. The maximum absolute atomic E-state index is 12.8. The van der Waals surface area contributed by atoms with Crippen LogP contribution in [0.3, 0.4) is 0 Å². The van der Waals surface area contributed by atoms with Gasteiger partial charge in [0, 0.05) is 58.4 Å². The third-order valence-electron chi connectivity index (χ3n) is 7.65. The van der Waals surface area contributed by atoms with Crippen LogP contribution >= 0.6 is 0 Å². The average Bonchev–Trinajstić information content (AvgIpc) is 3.44. The number of likely N-dealkylation sites (tertiary alicyclic amines) is 1. The van der Waals surface area contributed by atoms with Gasteiger partial charge in [-0.2, -0.15) is 0 Å². The van der Waals surface area contributed by atoms with E-state index in [1.807, 2.05) is 12.1 Å². The molecule has 1 aromatic heterocycles. The van der Waals surface area contributed by atoms with Crippen molar-refractivity contribution in [2.75, 3.05) is 45.8 Å². The van der Waals surface area contributed by atoms with E-state index in [-0.39, 0.29) is 17.4 Å². The van der Waals surface area contributed by atoms with Crippen molar-refractivity contribution >= 4 is 11.6 Å². The zero-order valence-corrected chi connectivity index (χ0v) is 20.7. The van der Waals surface area contributed by atoms with Gasteiger partial charge in [-0.3, -0.25) is 15.1 Å². The maximum atomic E-state index is 12.8. The number of carbonyl (C=O) groups excluding carboxylic acids is 1. The first-order valence-corrected chi connectivity index (χ1v) is 11.9. The van der Waals surface area contributed by atoms with Gasteiger partial charge >= 0.3 is 0 Å². The average molecular weight is 447 g/mol. The van der Waals surface area contributed by atoms with Crippen molar-refractivity contribution in [1.29, 1.82) is 0 Å². The summed E-state index contributed by atoms with van der Waals surface area (Å²) in [6.07, 6.45) is 7.57. The predicted molar refractivity (Wildman–Crippen MR) is 127 cm³/mol. The van der Waals surface area contributed by atoms with E-state index in [0.29, 0.717) is 24.4 Å². The van der Waals surface area contributed by atoms with Gasteiger partial charge in [-0.15, -0.1) is 0 Å². The van der Waals surface area contributed by atoms with Crippen LogP contribution in [0.2, 0.25) is 0 Å². The summed E-state index contributed by atoms with van der Waals surface area (Å²) in [6, 6.07) is 4.02. The molecule has 2 fully saturated rings. The standard InChI is InChI=1S/C25H42N4O3/c1-19(28-21-7-11-26-12-8-21)24(4,32-6)27-17-20-15-25(20)9-13-29(14-10-25)22(30)16-23(2,3)18-31-5/h7-8,11-12,19-20,27H,9-10,13-18H2,1-6H3,(H,26,28). The molecule has 7 heteroatoms. The van der Waals surface area contributed by atoms with E-state index in [4.69, 9.17) is 9.47 Å². The van der Waals surface area contributed by atoms with Gasteiger partial charge in [-0.25, -0.2) is 0 Å². The molecular formula is C25H42N4O3. The van der Waals surface area contributed by atoms with Crippen molar-refractivity contribution in [3.05, 3.63) is 24.5 Å². The largest absolute Gasteiger partial charge is 0.384 e. The summed E-state index contributed by atoms with van der Waals surface area (Å²) in [5, 5.41) is 7.20. The van der Waals surface area contributed by atoms with Crippen LogP contribution in [0.25, 0.3) is 0 Å². The van der Waals surface area contributed by atoms with Crippen molar-refractivity contribution < 1.29 is 14.3 Å². The van der Waals surface area contributed by atoms with Crippen LogP contribution in [0, 0.1) is 16.7 Å². The smallest absolute Gasteiger partial charge is 0.223 e. The van der Waals surface area contributed by atoms with Gasteiger partial charge in [-0.1, -0.05) is 13.8 Å². The molecule has 7 nitrogen and oxygen atoms in total. The number of hydrogen-bond donors (Lipinski definition) is 2. The maximum Gasteiger partial charge on any atom is 0.223 e. The molecule has 2 N–H and O–H groups in total.